The van der Waals surface area contributed by atoms with E-state index < -0.39 is 11.6 Å². The van der Waals surface area contributed by atoms with Crippen molar-refractivity contribution in [3.8, 4) is 0 Å². The third kappa shape index (κ3) is 4.02. The highest BCUT2D eigenvalue weighted by atomic mass is 19.2. The molecule has 0 heterocycles. The number of benzene rings is 2. The van der Waals surface area contributed by atoms with Crippen molar-refractivity contribution in [3.63, 3.8) is 0 Å². The Balaban J connectivity index is 2.01. The van der Waals surface area contributed by atoms with Gasteiger partial charge in [0.15, 0.2) is 11.6 Å². The molecule has 4 heteroatoms. The van der Waals surface area contributed by atoms with Crippen LogP contribution in [0.5, 0.6) is 0 Å². The lowest BCUT2D eigenvalue weighted by Gasteiger charge is -1.98. The first-order valence-electron chi connectivity index (χ1n) is 6.12. The lowest BCUT2D eigenvalue weighted by Crippen LogP contribution is -2.07. The summed E-state index contributed by atoms with van der Waals surface area (Å²) < 4.78 is 25.8. The minimum absolute atomic E-state index is 0.332. The minimum Gasteiger partial charge on any atom is -0.384 e. The van der Waals surface area contributed by atoms with Crippen molar-refractivity contribution in [1.29, 1.82) is 0 Å². The molecule has 0 saturated carbocycles. The molecule has 0 saturated heterocycles. The van der Waals surface area contributed by atoms with Gasteiger partial charge in [-0.15, -0.1) is 0 Å². The van der Waals surface area contributed by atoms with Crippen LogP contribution in [0, 0.1) is 11.6 Å². The molecule has 0 aliphatic rings. The predicted octanol–water partition coefficient (Wildman–Crippen LogP) is 3.54. The zero-order chi connectivity index (χ0) is 14.4. The van der Waals surface area contributed by atoms with E-state index in [4.69, 9.17) is 5.73 Å². The van der Waals surface area contributed by atoms with Crippen LogP contribution in [0.25, 0.3) is 6.08 Å². The lowest BCUT2D eigenvalue weighted by molar-refractivity contribution is 0.508. The monoisotopic (exact) mass is 272 g/mol. The first-order chi connectivity index (χ1) is 9.65. The maximum Gasteiger partial charge on any atom is 0.159 e. The fraction of sp³-hybridized carbons (Fsp3) is 0.0625. The highest BCUT2D eigenvalue weighted by Gasteiger charge is 1.99. The van der Waals surface area contributed by atoms with Gasteiger partial charge in [0, 0.05) is 0 Å². The van der Waals surface area contributed by atoms with Crippen LogP contribution in [0.1, 0.15) is 11.1 Å². The van der Waals surface area contributed by atoms with Crippen molar-refractivity contribution >= 4 is 11.9 Å². The summed E-state index contributed by atoms with van der Waals surface area (Å²) in [5, 5.41) is 0. The van der Waals surface area contributed by atoms with Crippen molar-refractivity contribution in [3.05, 3.63) is 77.4 Å². The van der Waals surface area contributed by atoms with E-state index in [0.717, 1.165) is 17.7 Å². The van der Waals surface area contributed by atoms with Crippen LogP contribution in [-0.4, -0.2) is 5.84 Å². The molecule has 0 bridgehead atoms. The zero-order valence-corrected chi connectivity index (χ0v) is 10.8. The Morgan fingerprint density at radius 2 is 1.80 bits per heavy atom. The number of nitrogens with two attached hydrogens (primary N) is 1. The summed E-state index contributed by atoms with van der Waals surface area (Å²) in [5.74, 6) is -1.42. The Bertz CT molecular complexity index is 634. The Labute approximate surface area is 116 Å². The zero-order valence-electron chi connectivity index (χ0n) is 10.8. The third-order valence-electron chi connectivity index (χ3n) is 2.68. The molecule has 0 amide bonds. The van der Waals surface area contributed by atoms with Gasteiger partial charge in [-0.2, -0.15) is 0 Å². The number of nitrogens with zero attached hydrogens (tertiary/aromatic N) is 1. The molecule has 2 nitrogen and oxygen atoms in total. The third-order valence-corrected chi connectivity index (χ3v) is 2.68. The molecule has 0 fully saturated rings. The molecular formula is C16H14F2N2. The molecule has 2 aromatic carbocycles. The maximum absolute atomic E-state index is 13.0. The van der Waals surface area contributed by atoms with Gasteiger partial charge in [0.05, 0.1) is 6.54 Å². The van der Waals surface area contributed by atoms with Crippen LogP contribution in [0.2, 0.25) is 0 Å². The summed E-state index contributed by atoms with van der Waals surface area (Å²) in [6.07, 6.45) is 3.15. The van der Waals surface area contributed by atoms with Gasteiger partial charge in [0.2, 0.25) is 0 Å². The van der Waals surface area contributed by atoms with Crippen LogP contribution in [0.15, 0.2) is 59.6 Å². The number of halogens is 2. The van der Waals surface area contributed by atoms with Gasteiger partial charge in [0.25, 0.3) is 0 Å². The number of aliphatic imine (C=N–C) groups is 1. The minimum atomic E-state index is -0.882. The fourth-order valence-electron chi connectivity index (χ4n) is 1.62. The Morgan fingerprint density at radius 3 is 2.50 bits per heavy atom. The van der Waals surface area contributed by atoms with Gasteiger partial charge in [-0.05, 0) is 29.3 Å². The second-order valence-electron chi connectivity index (χ2n) is 4.23. The van der Waals surface area contributed by atoms with Crippen LogP contribution in [-0.2, 0) is 6.54 Å². The largest absolute Gasteiger partial charge is 0.384 e. The average molecular weight is 272 g/mol. The molecule has 2 aromatic rings. The molecule has 0 unspecified atom stereocenters. The van der Waals surface area contributed by atoms with Crippen LogP contribution < -0.4 is 5.73 Å². The molecule has 0 radical (unpaired) electrons. The van der Waals surface area contributed by atoms with E-state index in [1.807, 2.05) is 30.3 Å². The van der Waals surface area contributed by atoms with Crippen molar-refractivity contribution in [2.45, 2.75) is 6.54 Å². The molecule has 0 aliphatic carbocycles. The van der Waals surface area contributed by atoms with Gasteiger partial charge in [-0.1, -0.05) is 42.5 Å². The second kappa shape index (κ2) is 6.61. The predicted molar refractivity (Wildman–Crippen MR) is 77.2 cm³/mol. The Kier molecular flexibility index (Phi) is 4.60. The number of rotatable bonds is 4. The molecule has 102 valence electrons. The number of hydrogen-bond acceptors (Lipinski definition) is 1. The van der Waals surface area contributed by atoms with Crippen LogP contribution in [0.3, 0.4) is 0 Å². The molecule has 0 spiro atoms. The quantitative estimate of drug-likeness (QED) is 0.671. The average Bonchev–Trinajstić information content (AvgIpc) is 2.47. The van der Waals surface area contributed by atoms with Crippen molar-refractivity contribution < 1.29 is 8.78 Å². The van der Waals surface area contributed by atoms with Crippen LogP contribution in [0.4, 0.5) is 8.78 Å². The maximum atomic E-state index is 13.0. The molecule has 20 heavy (non-hydrogen) atoms. The van der Waals surface area contributed by atoms with E-state index in [9.17, 15) is 8.78 Å². The standard InChI is InChI=1S/C16H14F2N2/c17-14-8-6-12(10-15(14)18)7-9-16(19)20-11-13-4-2-1-3-5-13/h1-10H,11H2,(H2,19,20). The normalized spacial score (nSPS) is 12.0. The van der Waals surface area contributed by atoms with Crippen molar-refractivity contribution in [2.75, 3.05) is 0 Å². The summed E-state index contributed by atoms with van der Waals surface area (Å²) in [7, 11) is 0. The van der Waals surface area contributed by atoms with Gasteiger partial charge < -0.3 is 5.73 Å². The van der Waals surface area contributed by atoms with Gasteiger partial charge in [-0.25, -0.2) is 8.78 Å². The first kappa shape index (κ1) is 13.9. The highest BCUT2D eigenvalue weighted by Crippen LogP contribution is 2.10. The molecule has 2 rings (SSSR count). The summed E-state index contributed by atoms with van der Waals surface area (Å²) >= 11 is 0. The van der Waals surface area contributed by atoms with E-state index in [-0.39, 0.29) is 0 Å². The molecular weight excluding hydrogens is 258 g/mol. The summed E-state index contributed by atoms with van der Waals surface area (Å²) in [4.78, 5) is 4.19. The SMILES string of the molecule is NC(C=Cc1ccc(F)c(F)c1)=NCc1ccccc1. The molecule has 0 atom stereocenters. The molecule has 2 N–H and O–H groups in total. The number of hydrogen-bond donors (Lipinski definition) is 1. The Hall–Kier alpha value is -2.49. The summed E-state index contributed by atoms with van der Waals surface area (Å²) in [6, 6.07) is 13.4. The van der Waals surface area contributed by atoms with E-state index in [0.29, 0.717) is 17.9 Å². The molecule has 0 aliphatic heterocycles. The lowest BCUT2D eigenvalue weighted by atomic mass is 10.2. The van der Waals surface area contributed by atoms with E-state index in [1.54, 1.807) is 12.2 Å². The first-order valence-corrected chi connectivity index (χ1v) is 6.12. The van der Waals surface area contributed by atoms with E-state index in [1.165, 1.54) is 6.07 Å². The van der Waals surface area contributed by atoms with Gasteiger partial charge in [-0.3, -0.25) is 4.99 Å². The summed E-state index contributed by atoms with van der Waals surface area (Å²) in [6.45, 7) is 0.481. The molecule has 0 aromatic heterocycles. The van der Waals surface area contributed by atoms with Gasteiger partial charge >= 0.3 is 0 Å². The number of amidine groups is 1. The van der Waals surface area contributed by atoms with E-state index >= 15 is 0 Å². The van der Waals surface area contributed by atoms with E-state index in [2.05, 4.69) is 4.99 Å². The van der Waals surface area contributed by atoms with Crippen molar-refractivity contribution in [2.24, 2.45) is 10.7 Å². The fourth-order valence-corrected chi connectivity index (χ4v) is 1.62. The van der Waals surface area contributed by atoms with Gasteiger partial charge in [0.1, 0.15) is 5.84 Å². The topological polar surface area (TPSA) is 38.4 Å². The van der Waals surface area contributed by atoms with Crippen LogP contribution >= 0.6 is 0 Å². The highest BCUT2D eigenvalue weighted by molar-refractivity contribution is 5.95. The second-order valence-corrected chi connectivity index (χ2v) is 4.23. The summed E-state index contributed by atoms with van der Waals surface area (Å²) in [5.41, 5.74) is 7.31. The van der Waals surface area contributed by atoms with Crippen molar-refractivity contribution in [1.82, 2.24) is 0 Å². The Morgan fingerprint density at radius 1 is 1.05 bits per heavy atom. The smallest absolute Gasteiger partial charge is 0.159 e.